The molecule has 1 atom stereocenters. The number of aliphatic hydroxyl groups excluding tert-OH is 1. The second-order valence-electron chi connectivity index (χ2n) is 3.99. The van der Waals surface area contributed by atoms with Gasteiger partial charge in [-0.2, -0.15) is 13.2 Å². The summed E-state index contributed by atoms with van der Waals surface area (Å²) in [6.07, 6.45) is -4.57. The van der Waals surface area contributed by atoms with Crippen molar-refractivity contribution in [3.63, 3.8) is 0 Å². The van der Waals surface area contributed by atoms with Crippen molar-refractivity contribution in [2.75, 3.05) is 24.7 Å². The predicted molar refractivity (Wildman–Crippen MR) is 61.1 cm³/mol. The van der Waals surface area contributed by atoms with E-state index >= 15 is 0 Å². The fraction of sp³-hybridized carbons (Fsp3) is 1.00. The minimum atomic E-state index is -4.36. The normalized spacial score (nSPS) is 14.7. The highest BCUT2D eigenvalue weighted by atomic mass is 32.2. The first-order valence-electron chi connectivity index (χ1n) is 5.69. The lowest BCUT2D eigenvalue weighted by Gasteiger charge is -2.11. The predicted octanol–water partition coefficient (Wildman–Crippen LogP) is 1.53. The molecule has 0 aromatic heterocycles. The summed E-state index contributed by atoms with van der Waals surface area (Å²) in [5, 5.41) is 9.39. The molecular formula is C10H19F3O4S. The molecule has 0 spiro atoms. The number of sulfone groups is 1. The number of halogens is 3. The molecule has 0 aromatic carbocycles. The summed E-state index contributed by atoms with van der Waals surface area (Å²) in [4.78, 5) is 0. The molecule has 0 aliphatic rings. The third-order valence-electron chi connectivity index (χ3n) is 2.29. The molecule has 0 saturated carbocycles. The lowest BCUT2D eigenvalue weighted by Crippen LogP contribution is -2.19. The van der Waals surface area contributed by atoms with Gasteiger partial charge in [0.1, 0.15) is 16.4 Å². The smallest absolute Gasteiger partial charge is 0.393 e. The lowest BCUT2D eigenvalue weighted by atomic mass is 10.1. The van der Waals surface area contributed by atoms with Crippen molar-refractivity contribution in [1.29, 1.82) is 0 Å². The number of hydrogen-bond acceptors (Lipinski definition) is 4. The van der Waals surface area contributed by atoms with Crippen LogP contribution in [0, 0.1) is 0 Å². The Morgan fingerprint density at radius 1 is 1.28 bits per heavy atom. The topological polar surface area (TPSA) is 63.6 Å². The summed E-state index contributed by atoms with van der Waals surface area (Å²) in [6.45, 7) is 0.0158. The van der Waals surface area contributed by atoms with Gasteiger partial charge >= 0.3 is 6.18 Å². The van der Waals surface area contributed by atoms with Gasteiger partial charge in [0.2, 0.25) is 0 Å². The molecule has 0 rings (SSSR count). The van der Waals surface area contributed by atoms with Gasteiger partial charge in [-0.3, -0.25) is 0 Å². The number of ether oxygens (including phenoxy) is 1. The Kier molecular flexibility index (Phi) is 7.81. The van der Waals surface area contributed by atoms with E-state index in [1.807, 2.05) is 0 Å². The van der Waals surface area contributed by atoms with E-state index < -0.39 is 28.7 Å². The van der Waals surface area contributed by atoms with Gasteiger partial charge in [0.05, 0.1) is 11.9 Å². The van der Waals surface area contributed by atoms with Crippen molar-refractivity contribution in [2.24, 2.45) is 0 Å². The van der Waals surface area contributed by atoms with Crippen molar-refractivity contribution in [2.45, 2.75) is 38.5 Å². The Balaban J connectivity index is 3.58. The monoisotopic (exact) mass is 292 g/mol. The molecule has 1 N–H and O–H groups in total. The molecule has 4 nitrogen and oxygen atoms in total. The van der Waals surface area contributed by atoms with Gasteiger partial charge in [0, 0.05) is 12.4 Å². The summed E-state index contributed by atoms with van der Waals surface area (Å²) >= 11 is 0. The Morgan fingerprint density at radius 2 is 1.89 bits per heavy atom. The third-order valence-corrected chi connectivity index (χ3v) is 4.08. The van der Waals surface area contributed by atoms with Gasteiger partial charge in [-0.1, -0.05) is 6.92 Å². The second kappa shape index (κ2) is 7.96. The molecule has 0 aliphatic heterocycles. The van der Waals surface area contributed by atoms with Crippen LogP contribution in [0.3, 0.4) is 0 Å². The van der Waals surface area contributed by atoms with Crippen LogP contribution in [0.5, 0.6) is 0 Å². The molecule has 0 radical (unpaired) electrons. The van der Waals surface area contributed by atoms with Crippen molar-refractivity contribution < 1.29 is 31.4 Å². The molecule has 18 heavy (non-hydrogen) atoms. The van der Waals surface area contributed by atoms with Crippen LogP contribution in [0.15, 0.2) is 0 Å². The maximum atomic E-state index is 11.7. The van der Waals surface area contributed by atoms with Gasteiger partial charge < -0.3 is 9.84 Å². The molecular weight excluding hydrogens is 273 g/mol. The average Bonchev–Trinajstić information content (AvgIpc) is 2.23. The number of alkyl halides is 3. The largest absolute Gasteiger partial charge is 0.411 e. The van der Waals surface area contributed by atoms with E-state index in [0.717, 1.165) is 0 Å². The molecule has 0 bridgehead atoms. The highest BCUT2D eigenvalue weighted by molar-refractivity contribution is 7.91. The molecule has 0 amide bonds. The minimum absolute atomic E-state index is 0.00995. The van der Waals surface area contributed by atoms with Gasteiger partial charge in [-0.25, -0.2) is 8.42 Å². The van der Waals surface area contributed by atoms with E-state index in [4.69, 9.17) is 0 Å². The van der Waals surface area contributed by atoms with Gasteiger partial charge in [0.25, 0.3) is 0 Å². The summed E-state index contributed by atoms with van der Waals surface area (Å²) < 4.78 is 61.7. The second-order valence-corrected chi connectivity index (χ2v) is 6.46. The van der Waals surface area contributed by atoms with Crippen LogP contribution in [0.2, 0.25) is 0 Å². The zero-order valence-corrected chi connectivity index (χ0v) is 11.1. The molecule has 0 heterocycles. The average molecular weight is 292 g/mol. The van der Waals surface area contributed by atoms with Crippen molar-refractivity contribution >= 4 is 9.84 Å². The summed E-state index contributed by atoms with van der Waals surface area (Å²) in [5.74, 6) is 0.0434. The number of rotatable bonds is 9. The quantitative estimate of drug-likeness (QED) is 0.655. The SMILES string of the molecule is CCS(=O)(=O)CCCC(O)CCOCC(F)(F)F. The summed E-state index contributed by atoms with van der Waals surface area (Å²) in [7, 11) is -3.05. The standard InChI is InChI=1S/C10H19F3O4S/c1-2-18(15,16)7-3-4-9(14)5-6-17-8-10(11,12)13/h9,14H,2-8H2,1H3. The Morgan fingerprint density at radius 3 is 2.39 bits per heavy atom. The molecule has 110 valence electrons. The Labute approximate surface area is 105 Å². The zero-order chi connectivity index (χ0) is 14.2. The number of aliphatic hydroxyl groups is 1. The van der Waals surface area contributed by atoms with Crippen molar-refractivity contribution in [1.82, 2.24) is 0 Å². The van der Waals surface area contributed by atoms with E-state index in [-0.39, 0.29) is 31.0 Å². The highest BCUT2D eigenvalue weighted by Gasteiger charge is 2.27. The van der Waals surface area contributed by atoms with Crippen LogP contribution < -0.4 is 0 Å². The van der Waals surface area contributed by atoms with Crippen LogP contribution in [-0.4, -0.2) is 50.5 Å². The maximum Gasteiger partial charge on any atom is 0.411 e. The van der Waals surface area contributed by atoms with Gasteiger partial charge in [-0.15, -0.1) is 0 Å². The molecule has 0 saturated heterocycles. The summed E-state index contributed by atoms with van der Waals surface area (Å²) in [5.41, 5.74) is 0. The Hall–Kier alpha value is -0.340. The van der Waals surface area contributed by atoms with Crippen molar-refractivity contribution in [3.05, 3.63) is 0 Å². The van der Waals surface area contributed by atoms with Crippen LogP contribution in [0.1, 0.15) is 26.2 Å². The fourth-order valence-corrected chi connectivity index (χ4v) is 2.13. The molecule has 0 fully saturated rings. The zero-order valence-electron chi connectivity index (χ0n) is 10.2. The first-order valence-corrected chi connectivity index (χ1v) is 7.51. The van der Waals surface area contributed by atoms with E-state index in [1.165, 1.54) is 6.92 Å². The van der Waals surface area contributed by atoms with Gasteiger partial charge in [-0.05, 0) is 19.3 Å². The fourth-order valence-electron chi connectivity index (χ4n) is 1.23. The van der Waals surface area contributed by atoms with Crippen LogP contribution in [0.4, 0.5) is 13.2 Å². The number of hydrogen-bond donors (Lipinski definition) is 1. The van der Waals surface area contributed by atoms with E-state index in [9.17, 15) is 26.7 Å². The van der Waals surface area contributed by atoms with Crippen LogP contribution in [0.25, 0.3) is 0 Å². The highest BCUT2D eigenvalue weighted by Crippen LogP contribution is 2.14. The molecule has 8 heteroatoms. The van der Waals surface area contributed by atoms with Crippen molar-refractivity contribution in [3.8, 4) is 0 Å². The molecule has 0 aliphatic carbocycles. The maximum absolute atomic E-state index is 11.7. The van der Waals surface area contributed by atoms with E-state index in [0.29, 0.717) is 6.42 Å². The van der Waals surface area contributed by atoms with E-state index in [1.54, 1.807) is 0 Å². The van der Waals surface area contributed by atoms with Gasteiger partial charge in [0.15, 0.2) is 0 Å². The Bertz CT molecular complexity index is 314. The third kappa shape index (κ3) is 10.8. The first-order chi connectivity index (χ1) is 8.16. The first kappa shape index (κ1) is 17.7. The minimum Gasteiger partial charge on any atom is -0.393 e. The lowest BCUT2D eigenvalue weighted by molar-refractivity contribution is -0.175. The van der Waals surface area contributed by atoms with E-state index in [2.05, 4.69) is 4.74 Å². The molecule has 1 unspecified atom stereocenters. The van der Waals surface area contributed by atoms with Crippen LogP contribution in [-0.2, 0) is 14.6 Å². The summed E-state index contributed by atoms with van der Waals surface area (Å²) in [6, 6.07) is 0. The van der Waals surface area contributed by atoms with Crippen LogP contribution >= 0.6 is 0 Å². The molecule has 0 aromatic rings.